The van der Waals surface area contributed by atoms with Crippen LogP contribution in [0.2, 0.25) is 0 Å². The molecule has 1 amide bonds. The Labute approximate surface area is 92.5 Å². The van der Waals surface area contributed by atoms with Gasteiger partial charge in [-0.3, -0.25) is 9.78 Å². The molecule has 1 aromatic rings. The minimum atomic E-state index is -1.09. The highest BCUT2D eigenvalue weighted by atomic mass is 16.4. The highest BCUT2D eigenvalue weighted by Crippen LogP contribution is 2.18. The lowest BCUT2D eigenvalue weighted by molar-refractivity contribution is -0.121. The van der Waals surface area contributed by atoms with E-state index >= 15 is 0 Å². The van der Waals surface area contributed by atoms with Crippen molar-refractivity contribution in [2.75, 3.05) is 5.32 Å². The van der Waals surface area contributed by atoms with Crippen molar-refractivity contribution in [1.29, 1.82) is 0 Å². The van der Waals surface area contributed by atoms with Gasteiger partial charge in [0.15, 0.2) is 0 Å². The van der Waals surface area contributed by atoms with Gasteiger partial charge in [-0.1, -0.05) is 0 Å². The Hall–Kier alpha value is -2.11. The van der Waals surface area contributed by atoms with Gasteiger partial charge < -0.3 is 16.2 Å². The maximum atomic E-state index is 11.1. The third kappa shape index (κ3) is 2.47. The van der Waals surface area contributed by atoms with Crippen molar-refractivity contribution in [3.63, 3.8) is 0 Å². The molecule has 6 heteroatoms. The molecule has 6 nitrogen and oxygen atoms in total. The minimum absolute atomic E-state index is 0.0457. The predicted molar refractivity (Wildman–Crippen MR) is 58.1 cm³/mol. The summed E-state index contributed by atoms with van der Waals surface area (Å²) in [6.45, 7) is 3.13. The standard InChI is InChI=1S/C10H13N3O3/c1-10(2,9(11)16)13-7-5-12-4-3-6(7)8(14)15/h3-5,13H,1-2H3,(H2,11,16)(H,14,15). The van der Waals surface area contributed by atoms with Gasteiger partial charge in [0, 0.05) is 6.20 Å². The Bertz CT molecular complexity index is 429. The van der Waals surface area contributed by atoms with Gasteiger partial charge in [0.25, 0.3) is 0 Å². The van der Waals surface area contributed by atoms with E-state index in [9.17, 15) is 9.59 Å². The Balaban J connectivity index is 3.06. The van der Waals surface area contributed by atoms with E-state index in [4.69, 9.17) is 10.8 Å². The molecule has 1 rings (SSSR count). The molecule has 0 unspecified atom stereocenters. The zero-order chi connectivity index (χ0) is 12.3. The number of aromatic carboxylic acids is 1. The summed E-state index contributed by atoms with van der Waals surface area (Å²) < 4.78 is 0. The molecule has 0 fully saturated rings. The number of pyridine rings is 1. The summed E-state index contributed by atoms with van der Waals surface area (Å²) in [6.07, 6.45) is 2.71. The highest BCUT2D eigenvalue weighted by molar-refractivity contribution is 5.95. The van der Waals surface area contributed by atoms with Gasteiger partial charge in [-0.05, 0) is 19.9 Å². The summed E-state index contributed by atoms with van der Waals surface area (Å²) in [4.78, 5) is 25.8. The van der Waals surface area contributed by atoms with Crippen LogP contribution in [0.1, 0.15) is 24.2 Å². The SMILES string of the molecule is CC(C)(Nc1cnccc1C(=O)O)C(N)=O. The van der Waals surface area contributed by atoms with Crippen LogP contribution in [-0.2, 0) is 4.79 Å². The molecular weight excluding hydrogens is 210 g/mol. The van der Waals surface area contributed by atoms with Crippen molar-refractivity contribution in [2.45, 2.75) is 19.4 Å². The number of hydrogen-bond acceptors (Lipinski definition) is 4. The number of anilines is 1. The van der Waals surface area contributed by atoms with Gasteiger partial charge >= 0.3 is 5.97 Å². The molecule has 0 bridgehead atoms. The molecule has 0 aromatic carbocycles. The van der Waals surface area contributed by atoms with Gasteiger partial charge in [0.05, 0.1) is 17.4 Å². The molecule has 1 aromatic heterocycles. The van der Waals surface area contributed by atoms with Gasteiger partial charge in [0.2, 0.25) is 5.91 Å². The molecule has 0 radical (unpaired) electrons. The fraction of sp³-hybridized carbons (Fsp3) is 0.300. The van der Waals surface area contributed by atoms with E-state index in [1.807, 2.05) is 0 Å². The summed E-state index contributed by atoms with van der Waals surface area (Å²) >= 11 is 0. The third-order valence-corrected chi connectivity index (χ3v) is 2.11. The van der Waals surface area contributed by atoms with Gasteiger partial charge in [-0.15, -0.1) is 0 Å². The number of hydrogen-bond donors (Lipinski definition) is 3. The number of carboxylic acids is 1. The Morgan fingerprint density at radius 2 is 2.12 bits per heavy atom. The van der Waals surface area contributed by atoms with Crippen LogP contribution >= 0.6 is 0 Å². The molecule has 4 N–H and O–H groups in total. The summed E-state index contributed by atoms with van der Waals surface area (Å²) in [7, 11) is 0. The zero-order valence-corrected chi connectivity index (χ0v) is 9.02. The monoisotopic (exact) mass is 223 g/mol. The second kappa shape index (κ2) is 4.18. The molecular formula is C10H13N3O3. The maximum Gasteiger partial charge on any atom is 0.337 e. The number of amides is 1. The number of nitrogens with two attached hydrogens (primary N) is 1. The third-order valence-electron chi connectivity index (χ3n) is 2.11. The normalized spacial score (nSPS) is 10.9. The van der Waals surface area contributed by atoms with E-state index in [0.29, 0.717) is 0 Å². The first kappa shape index (κ1) is 12.0. The topological polar surface area (TPSA) is 105 Å². The number of carbonyl (C=O) groups excluding carboxylic acids is 1. The van der Waals surface area contributed by atoms with Crippen molar-refractivity contribution in [1.82, 2.24) is 4.98 Å². The van der Waals surface area contributed by atoms with Crippen molar-refractivity contribution in [2.24, 2.45) is 5.73 Å². The number of nitrogens with zero attached hydrogens (tertiary/aromatic N) is 1. The van der Waals surface area contributed by atoms with Crippen molar-refractivity contribution >= 4 is 17.6 Å². The molecule has 0 aliphatic rings. The van der Waals surface area contributed by atoms with Crippen LogP contribution in [0.3, 0.4) is 0 Å². The lowest BCUT2D eigenvalue weighted by Crippen LogP contribution is -2.45. The smallest absolute Gasteiger partial charge is 0.337 e. The second-order valence-corrected chi connectivity index (χ2v) is 3.84. The molecule has 0 saturated carbocycles. The summed E-state index contributed by atoms with van der Waals surface area (Å²) in [5.41, 5.74) is 4.45. The Morgan fingerprint density at radius 1 is 1.50 bits per heavy atom. The first-order chi connectivity index (χ1) is 7.34. The van der Waals surface area contributed by atoms with Crippen LogP contribution in [-0.4, -0.2) is 27.5 Å². The van der Waals surface area contributed by atoms with E-state index in [2.05, 4.69) is 10.3 Å². The number of rotatable bonds is 4. The lowest BCUT2D eigenvalue weighted by atomic mass is 10.0. The molecule has 1 heterocycles. The first-order valence-corrected chi connectivity index (χ1v) is 4.60. The summed E-state index contributed by atoms with van der Waals surface area (Å²) in [5, 5.41) is 11.7. The van der Waals surface area contributed by atoms with Gasteiger partial charge in [0.1, 0.15) is 5.54 Å². The summed E-state index contributed by atoms with van der Waals surface area (Å²) in [6, 6.07) is 1.35. The number of primary amides is 1. The van der Waals surface area contributed by atoms with Crippen LogP contribution in [0.15, 0.2) is 18.5 Å². The lowest BCUT2D eigenvalue weighted by Gasteiger charge is -2.24. The zero-order valence-electron chi connectivity index (χ0n) is 9.02. The fourth-order valence-electron chi connectivity index (χ4n) is 1.08. The molecule has 0 spiro atoms. The van der Waals surface area contributed by atoms with E-state index in [-0.39, 0.29) is 11.3 Å². The average molecular weight is 223 g/mol. The van der Waals surface area contributed by atoms with Crippen LogP contribution in [0.25, 0.3) is 0 Å². The first-order valence-electron chi connectivity index (χ1n) is 4.60. The Kier molecular flexibility index (Phi) is 3.12. The second-order valence-electron chi connectivity index (χ2n) is 3.84. The molecule has 0 aliphatic heterocycles. The van der Waals surface area contributed by atoms with E-state index in [1.165, 1.54) is 18.5 Å². The number of nitrogens with one attached hydrogen (secondary N) is 1. The van der Waals surface area contributed by atoms with Crippen molar-refractivity contribution < 1.29 is 14.7 Å². The Morgan fingerprint density at radius 3 is 2.62 bits per heavy atom. The van der Waals surface area contributed by atoms with E-state index in [0.717, 1.165) is 0 Å². The van der Waals surface area contributed by atoms with Crippen LogP contribution in [0, 0.1) is 0 Å². The molecule has 0 aliphatic carbocycles. The maximum absolute atomic E-state index is 11.1. The molecule has 0 saturated heterocycles. The van der Waals surface area contributed by atoms with Crippen LogP contribution in [0.5, 0.6) is 0 Å². The molecule has 0 atom stereocenters. The van der Waals surface area contributed by atoms with E-state index < -0.39 is 17.4 Å². The molecule has 16 heavy (non-hydrogen) atoms. The highest BCUT2D eigenvalue weighted by Gasteiger charge is 2.26. The number of carbonyl (C=O) groups is 2. The fourth-order valence-corrected chi connectivity index (χ4v) is 1.08. The number of aromatic nitrogens is 1. The van der Waals surface area contributed by atoms with Gasteiger partial charge in [-0.25, -0.2) is 4.79 Å². The predicted octanol–water partition coefficient (Wildman–Crippen LogP) is 0.456. The number of carboxylic acid groups (broad SMARTS) is 1. The average Bonchev–Trinajstić information content (AvgIpc) is 2.17. The van der Waals surface area contributed by atoms with Crippen molar-refractivity contribution in [3.05, 3.63) is 24.0 Å². The van der Waals surface area contributed by atoms with E-state index in [1.54, 1.807) is 13.8 Å². The summed E-state index contributed by atoms with van der Waals surface area (Å²) in [5.74, 6) is -1.67. The van der Waals surface area contributed by atoms with Crippen LogP contribution < -0.4 is 11.1 Å². The largest absolute Gasteiger partial charge is 0.478 e. The van der Waals surface area contributed by atoms with Crippen LogP contribution in [0.4, 0.5) is 5.69 Å². The molecule has 86 valence electrons. The quantitative estimate of drug-likeness (QED) is 0.687. The van der Waals surface area contributed by atoms with Gasteiger partial charge in [-0.2, -0.15) is 0 Å². The van der Waals surface area contributed by atoms with Crippen molar-refractivity contribution in [3.8, 4) is 0 Å². The minimum Gasteiger partial charge on any atom is -0.478 e.